The molecule has 0 atom stereocenters. The number of benzene rings is 2. The van der Waals surface area contributed by atoms with Crippen molar-refractivity contribution in [1.82, 2.24) is 19.2 Å². The van der Waals surface area contributed by atoms with E-state index in [0.29, 0.717) is 22.1 Å². The predicted molar refractivity (Wildman–Crippen MR) is 124 cm³/mol. The van der Waals surface area contributed by atoms with Crippen LogP contribution in [0.5, 0.6) is 5.75 Å². The minimum Gasteiger partial charge on any atom is -0.495 e. The third kappa shape index (κ3) is 4.38. The molecule has 2 aromatic carbocycles. The van der Waals surface area contributed by atoms with E-state index in [1.54, 1.807) is 18.5 Å². The molecule has 164 valence electrons. The molecule has 0 aliphatic rings. The van der Waals surface area contributed by atoms with Gasteiger partial charge in [-0.05, 0) is 50.1 Å². The molecular formula is C23H23N5O3S. The van der Waals surface area contributed by atoms with Gasteiger partial charge in [-0.1, -0.05) is 35.5 Å². The van der Waals surface area contributed by atoms with Crippen LogP contribution in [0.4, 0.5) is 5.69 Å². The zero-order chi connectivity index (χ0) is 22.8. The Morgan fingerprint density at radius 3 is 2.62 bits per heavy atom. The van der Waals surface area contributed by atoms with Crippen LogP contribution in [0, 0.1) is 20.8 Å². The van der Waals surface area contributed by atoms with E-state index in [-0.39, 0.29) is 12.5 Å². The monoisotopic (exact) mass is 449 g/mol. The number of anilines is 1. The Bertz CT molecular complexity index is 1380. The number of rotatable bonds is 6. The molecule has 32 heavy (non-hydrogen) atoms. The van der Waals surface area contributed by atoms with Gasteiger partial charge in [-0.25, -0.2) is 18.9 Å². The van der Waals surface area contributed by atoms with Gasteiger partial charge >= 0.3 is 5.69 Å². The van der Waals surface area contributed by atoms with E-state index in [0.717, 1.165) is 20.7 Å². The smallest absolute Gasteiger partial charge is 0.350 e. The number of carbonyl (C=O) groups excluding carboxylic acids is 1. The van der Waals surface area contributed by atoms with Crippen molar-refractivity contribution >= 4 is 29.0 Å². The molecule has 0 aliphatic carbocycles. The summed E-state index contributed by atoms with van der Waals surface area (Å²) in [6.45, 7) is 5.76. The first kappa shape index (κ1) is 21.6. The summed E-state index contributed by atoms with van der Waals surface area (Å²) in [5.74, 6) is 0.165. The highest BCUT2D eigenvalue weighted by Gasteiger charge is 2.16. The van der Waals surface area contributed by atoms with Gasteiger partial charge in [0.25, 0.3) is 0 Å². The largest absolute Gasteiger partial charge is 0.495 e. The molecule has 1 N–H and O–H groups in total. The maximum absolute atomic E-state index is 12.8. The van der Waals surface area contributed by atoms with Crippen LogP contribution in [0.1, 0.15) is 16.7 Å². The summed E-state index contributed by atoms with van der Waals surface area (Å²) in [6.07, 6.45) is 3.11. The van der Waals surface area contributed by atoms with Crippen LogP contribution in [0.15, 0.2) is 63.5 Å². The van der Waals surface area contributed by atoms with Crippen molar-refractivity contribution in [2.24, 2.45) is 0 Å². The fourth-order valence-electron chi connectivity index (χ4n) is 3.36. The summed E-state index contributed by atoms with van der Waals surface area (Å²) in [4.78, 5) is 30.9. The third-order valence-electron chi connectivity index (χ3n) is 4.93. The molecule has 0 bridgehead atoms. The van der Waals surface area contributed by atoms with Crippen LogP contribution >= 0.6 is 11.8 Å². The number of methoxy groups -OCH3 is 1. The number of aryl methyl sites for hydroxylation is 3. The number of nitrogens with zero attached hydrogens (tertiary/aromatic N) is 4. The number of hydrogen-bond acceptors (Lipinski definition) is 6. The lowest BCUT2D eigenvalue weighted by atomic mass is 10.2. The highest BCUT2D eigenvalue weighted by Crippen LogP contribution is 2.31. The highest BCUT2D eigenvalue weighted by atomic mass is 32.2. The van der Waals surface area contributed by atoms with Crippen molar-refractivity contribution in [3.8, 4) is 5.75 Å². The Morgan fingerprint density at radius 2 is 1.88 bits per heavy atom. The van der Waals surface area contributed by atoms with Crippen LogP contribution in [-0.2, 0) is 11.3 Å². The van der Waals surface area contributed by atoms with E-state index < -0.39 is 5.69 Å². The predicted octanol–water partition coefficient (Wildman–Crippen LogP) is 3.61. The molecule has 1 amide bonds. The van der Waals surface area contributed by atoms with Crippen LogP contribution in [0.3, 0.4) is 0 Å². The Balaban J connectivity index is 1.61. The van der Waals surface area contributed by atoms with Crippen LogP contribution < -0.4 is 15.7 Å². The van der Waals surface area contributed by atoms with E-state index in [4.69, 9.17) is 4.74 Å². The number of amides is 1. The molecule has 0 unspecified atom stereocenters. The first-order chi connectivity index (χ1) is 15.4. The van der Waals surface area contributed by atoms with Crippen molar-refractivity contribution in [3.05, 3.63) is 76.0 Å². The SMILES string of the molecule is COc1ccc(C)cc1NC(=O)Cn1nc2c(Sc3ccc(C)cc3C)nccn2c1=O. The second-order valence-corrected chi connectivity index (χ2v) is 8.52. The van der Waals surface area contributed by atoms with Gasteiger partial charge in [-0.2, -0.15) is 0 Å². The normalized spacial score (nSPS) is 11.0. The number of fused-ring (bicyclic) bond motifs is 1. The van der Waals surface area contributed by atoms with Gasteiger partial charge in [0.2, 0.25) is 5.91 Å². The average molecular weight is 450 g/mol. The maximum atomic E-state index is 12.8. The lowest BCUT2D eigenvalue weighted by molar-refractivity contribution is -0.117. The lowest BCUT2D eigenvalue weighted by Crippen LogP contribution is -2.28. The molecule has 0 aliphatic heterocycles. The molecule has 9 heteroatoms. The molecule has 0 saturated heterocycles. The second kappa shape index (κ2) is 8.88. The first-order valence-corrected chi connectivity index (χ1v) is 10.8. The molecule has 2 aromatic heterocycles. The molecule has 0 spiro atoms. The number of aromatic nitrogens is 4. The van der Waals surface area contributed by atoms with Crippen molar-refractivity contribution in [2.45, 2.75) is 37.2 Å². The average Bonchev–Trinajstić information content (AvgIpc) is 3.06. The molecule has 0 radical (unpaired) electrons. The molecule has 4 aromatic rings. The number of ether oxygens (including phenoxy) is 1. The fourth-order valence-corrected chi connectivity index (χ4v) is 4.27. The molecule has 0 saturated carbocycles. The van der Waals surface area contributed by atoms with Crippen molar-refractivity contribution in [1.29, 1.82) is 0 Å². The maximum Gasteiger partial charge on any atom is 0.350 e. The van der Waals surface area contributed by atoms with Crippen molar-refractivity contribution in [2.75, 3.05) is 12.4 Å². The van der Waals surface area contributed by atoms with Crippen LogP contribution in [-0.4, -0.2) is 32.2 Å². The third-order valence-corrected chi connectivity index (χ3v) is 6.09. The quantitative estimate of drug-likeness (QED) is 0.484. The Morgan fingerprint density at radius 1 is 1.12 bits per heavy atom. The Labute approximate surface area is 189 Å². The van der Waals surface area contributed by atoms with Gasteiger partial charge in [0, 0.05) is 17.3 Å². The second-order valence-electron chi connectivity index (χ2n) is 7.49. The Hall–Kier alpha value is -3.59. The van der Waals surface area contributed by atoms with Gasteiger partial charge in [0.05, 0.1) is 12.8 Å². The number of nitrogens with one attached hydrogen (secondary N) is 1. The summed E-state index contributed by atoms with van der Waals surface area (Å²) in [5, 5.41) is 7.78. The van der Waals surface area contributed by atoms with E-state index >= 15 is 0 Å². The molecule has 2 heterocycles. The summed E-state index contributed by atoms with van der Waals surface area (Å²) in [6, 6.07) is 11.6. The van der Waals surface area contributed by atoms with Gasteiger partial charge in [-0.15, -0.1) is 5.10 Å². The first-order valence-electron chi connectivity index (χ1n) is 9.99. The van der Waals surface area contributed by atoms with E-state index in [1.165, 1.54) is 28.8 Å². The molecule has 8 nitrogen and oxygen atoms in total. The van der Waals surface area contributed by atoms with Gasteiger partial charge in [0.15, 0.2) is 5.65 Å². The summed E-state index contributed by atoms with van der Waals surface area (Å²) in [5.41, 5.74) is 3.81. The molecule has 0 fully saturated rings. The standard InChI is InChI=1S/C23H23N5O3S/c1-14-6-8-19(16(3)11-14)32-22-21-26-28(23(30)27(21)10-9-24-22)13-20(29)25-17-12-15(2)5-7-18(17)31-4/h5-12H,13H2,1-4H3,(H,25,29). The van der Waals surface area contributed by atoms with Crippen molar-refractivity contribution in [3.63, 3.8) is 0 Å². The summed E-state index contributed by atoms with van der Waals surface area (Å²) >= 11 is 1.44. The number of hydrogen-bond donors (Lipinski definition) is 1. The van der Waals surface area contributed by atoms with Gasteiger partial charge in [-0.3, -0.25) is 4.79 Å². The van der Waals surface area contributed by atoms with Crippen LogP contribution in [0.2, 0.25) is 0 Å². The van der Waals surface area contributed by atoms with E-state index in [9.17, 15) is 9.59 Å². The van der Waals surface area contributed by atoms with E-state index in [1.807, 2.05) is 45.0 Å². The van der Waals surface area contributed by atoms with Gasteiger partial charge < -0.3 is 10.1 Å². The van der Waals surface area contributed by atoms with Crippen LogP contribution in [0.25, 0.3) is 5.65 Å². The lowest BCUT2D eigenvalue weighted by Gasteiger charge is -2.10. The topological polar surface area (TPSA) is 90.5 Å². The zero-order valence-electron chi connectivity index (χ0n) is 18.2. The van der Waals surface area contributed by atoms with Gasteiger partial charge in [0.1, 0.15) is 17.3 Å². The van der Waals surface area contributed by atoms with Crippen molar-refractivity contribution < 1.29 is 9.53 Å². The summed E-state index contributed by atoms with van der Waals surface area (Å²) < 4.78 is 7.84. The number of carbonyl (C=O) groups is 1. The molecule has 4 rings (SSSR count). The zero-order valence-corrected chi connectivity index (χ0v) is 19.1. The fraction of sp³-hybridized carbons (Fsp3) is 0.217. The molecular weight excluding hydrogens is 426 g/mol. The Kier molecular flexibility index (Phi) is 6.00. The minimum atomic E-state index is -0.406. The minimum absolute atomic E-state index is 0.231. The summed E-state index contributed by atoms with van der Waals surface area (Å²) in [7, 11) is 1.54. The highest BCUT2D eigenvalue weighted by molar-refractivity contribution is 7.99. The van der Waals surface area contributed by atoms with E-state index in [2.05, 4.69) is 21.5 Å².